The van der Waals surface area contributed by atoms with Crippen LogP contribution in [0.4, 0.5) is 11.4 Å². The van der Waals surface area contributed by atoms with E-state index < -0.39 is 0 Å². The fourth-order valence-corrected chi connectivity index (χ4v) is 3.68. The maximum Gasteiger partial charge on any atom is 0.226 e. The molecule has 3 rings (SSSR count). The Balaban J connectivity index is 1.55. The van der Waals surface area contributed by atoms with E-state index in [2.05, 4.69) is 34.4 Å². The van der Waals surface area contributed by atoms with Gasteiger partial charge in [0.05, 0.1) is 11.7 Å². The van der Waals surface area contributed by atoms with Crippen LogP contribution in [0, 0.1) is 19.8 Å². The van der Waals surface area contributed by atoms with E-state index in [4.69, 9.17) is 0 Å². The van der Waals surface area contributed by atoms with Crippen LogP contribution in [0.3, 0.4) is 0 Å². The number of rotatable bonds is 5. The largest absolute Gasteiger partial charge is 0.372 e. The van der Waals surface area contributed by atoms with Crippen molar-refractivity contribution in [2.24, 2.45) is 5.92 Å². The van der Waals surface area contributed by atoms with E-state index in [1.54, 1.807) is 0 Å². The number of hydrogen-bond donors (Lipinski definition) is 1. The Hall–Kier alpha value is -2.30. The van der Waals surface area contributed by atoms with E-state index in [0.717, 1.165) is 36.1 Å². The van der Waals surface area contributed by atoms with Gasteiger partial charge in [-0.3, -0.25) is 9.48 Å². The zero-order chi connectivity index (χ0) is 18.7. The zero-order valence-corrected chi connectivity index (χ0v) is 16.3. The highest BCUT2D eigenvalue weighted by Gasteiger charge is 2.17. The summed E-state index contributed by atoms with van der Waals surface area (Å²) in [6.07, 6.45) is 2.92. The molecule has 1 aromatic heterocycles. The summed E-state index contributed by atoms with van der Waals surface area (Å²) in [6.45, 7) is 10.6. The molecule has 1 aromatic carbocycles. The van der Waals surface area contributed by atoms with Gasteiger partial charge in [0.2, 0.25) is 5.91 Å². The summed E-state index contributed by atoms with van der Waals surface area (Å²) in [6, 6.07) is 10.3. The second-order valence-corrected chi connectivity index (χ2v) is 7.69. The van der Waals surface area contributed by atoms with Gasteiger partial charge in [-0.05, 0) is 69.9 Å². The molecule has 0 spiro atoms. The van der Waals surface area contributed by atoms with Crippen LogP contribution in [0.1, 0.15) is 50.5 Å². The molecular formula is C21H30N4O. The predicted molar refractivity (Wildman–Crippen MR) is 107 cm³/mol. The maximum absolute atomic E-state index is 12.4. The summed E-state index contributed by atoms with van der Waals surface area (Å²) in [5, 5.41) is 7.48. The van der Waals surface area contributed by atoms with Crippen LogP contribution in [-0.4, -0.2) is 28.8 Å². The first kappa shape index (κ1) is 18.5. The third kappa shape index (κ3) is 4.45. The minimum absolute atomic E-state index is 0.0181. The Morgan fingerprint density at radius 1 is 1.23 bits per heavy atom. The van der Waals surface area contributed by atoms with Crippen LogP contribution in [0.5, 0.6) is 0 Å². The molecule has 2 aromatic rings. The highest BCUT2D eigenvalue weighted by Crippen LogP contribution is 2.24. The van der Waals surface area contributed by atoms with Gasteiger partial charge in [0.1, 0.15) is 0 Å². The van der Waals surface area contributed by atoms with E-state index in [1.807, 2.05) is 43.7 Å². The normalized spacial score (nSPS) is 16.5. The van der Waals surface area contributed by atoms with Crippen LogP contribution in [0.15, 0.2) is 30.3 Å². The number of aryl methyl sites for hydroxylation is 2. The van der Waals surface area contributed by atoms with Crippen molar-refractivity contribution in [3.8, 4) is 0 Å². The number of benzene rings is 1. The van der Waals surface area contributed by atoms with Gasteiger partial charge in [0.15, 0.2) is 0 Å². The number of hydrogen-bond acceptors (Lipinski definition) is 3. The Morgan fingerprint density at radius 2 is 1.88 bits per heavy atom. The molecule has 1 aliphatic rings. The lowest BCUT2D eigenvalue weighted by Crippen LogP contribution is -2.32. The molecule has 2 heterocycles. The van der Waals surface area contributed by atoms with Crippen molar-refractivity contribution in [3.63, 3.8) is 0 Å². The fraction of sp³-hybridized carbons (Fsp3) is 0.524. The number of amides is 1. The third-order valence-corrected chi connectivity index (χ3v) is 5.24. The molecule has 1 fully saturated rings. The first-order chi connectivity index (χ1) is 12.4. The Morgan fingerprint density at radius 3 is 2.46 bits per heavy atom. The molecule has 1 N–H and O–H groups in total. The summed E-state index contributed by atoms with van der Waals surface area (Å²) < 4.78 is 1.93. The Bertz CT molecular complexity index is 742. The van der Waals surface area contributed by atoms with E-state index in [-0.39, 0.29) is 11.9 Å². The highest BCUT2D eigenvalue weighted by atomic mass is 16.1. The average molecular weight is 354 g/mol. The fourth-order valence-electron chi connectivity index (χ4n) is 3.68. The maximum atomic E-state index is 12.4. The molecule has 1 aliphatic heterocycles. The number of carbonyl (C=O) groups excluding carboxylic acids is 1. The predicted octanol–water partition coefficient (Wildman–Crippen LogP) is 4.33. The minimum Gasteiger partial charge on any atom is -0.372 e. The van der Waals surface area contributed by atoms with Gasteiger partial charge in [0.25, 0.3) is 0 Å². The van der Waals surface area contributed by atoms with Gasteiger partial charge in [-0.2, -0.15) is 5.10 Å². The minimum atomic E-state index is 0.0181. The van der Waals surface area contributed by atoms with Crippen LogP contribution >= 0.6 is 0 Å². The van der Waals surface area contributed by atoms with Gasteiger partial charge < -0.3 is 10.2 Å². The first-order valence-electron chi connectivity index (χ1n) is 9.60. The molecule has 0 bridgehead atoms. The zero-order valence-electron chi connectivity index (χ0n) is 16.3. The van der Waals surface area contributed by atoms with Crippen molar-refractivity contribution in [3.05, 3.63) is 41.7 Å². The Kier molecular flexibility index (Phi) is 5.64. The standard InChI is InChI=1S/C21H30N4O/c1-15-9-11-24(12-10-15)20-7-5-19(6-8-20)22-21(26)14-18(4)25-17(3)13-16(2)23-25/h5-8,13,15,18H,9-12,14H2,1-4H3,(H,22,26)/t18-/m1/s1. The van der Waals surface area contributed by atoms with Crippen molar-refractivity contribution < 1.29 is 4.79 Å². The molecule has 1 atom stereocenters. The molecule has 26 heavy (non-hydrogen) atoms. The summed E-state index contributed by atoms with van der Waals surface area (Å²) in [7, 11) is 0. The van der Waals surface area contributed by atoms with Crippen molar-refractivity contribution in [1.82, 2.24) is 9.78 Å². The van der Waals surface area contributed by atoms with Crippen molar-refractivity contribution in [1.29, 1.82) is 0 Å². The number of nitrogens with zero attached hydrogens (tertiary/aromatic N) is 3. The van der Waals surface area contributed by atoms with Gasteiger partial charge in [0, 0.05) is 36.6 Å². The Labute approximate surface area is 156 Å². The molecule has 0 saturated carbocycles. The summed E-state index contributed by atoms with van der Waals surface area (Å²) >= 11 is 0. The van der Waals surface area contributed by atoms with Crippen LogP contribution in [0.25, 0.3) is 0 Å². The molecule has 1 amide bonds. The number of nitrogens with one attached hydrogen (secondary N) is 1. The lowest BCUT2D eigenvalue weighted by molar-refractivity contribution is -0.116. The highest BCUT2D eigenvalue weighted by molar-refractivity contribution is 5.91. The topological polar surface area (TPSA) is 50.2 Å². The van der Waals surface area contributed by atoms with Crippen molar-refractivity contribution >= 4 is 17.3 Å². The van der Waals surface area contributed by atoms with Crippen LogP contribution in [-0.2, 0) is 4.79 Å². The van der Waals surface area contributed by atoms with E-state index in [9.17, 15) is 4.79 Å². The molecule has 0 unspecified atom stereocenters. The second kappa shape index (κ2) is 7.94. The van der Waals surface area contributed by atoms with Crippen molar-refractivity contribution in [2.75, 3.05) is 23.3 Å². The van der Waals surface area contributed by atoms with Crippen LogP contribution < -0.4 is 10.2 Å². The first-order valence-corrected chi connectivity index (χ1v) is 9.60. The molecule has 0 radical (unpaired) electrons. The monoisotopic (exact) mass is 354 g/mol. The van der Waals surface area contributed by atoms with Gasteiger partial charge in [-0.15, -0.1) is 0 Å². The van der Waals surface area contributed by atoms with E-state index in [1.165, 1.54) is 18.5 Å². The molecule has 5 nitrogen and oxygen atoms in total. The second-order valence-electron chi connectivity index (χ2n) is 7.69. The van der Waals surface area contributed by atoms with Crippen LogP contribution in [0.2, 0.25) is 0 Å². The SMILES string of the molecule is Cc1cc(C)n([C@H](C)CC(=O)Nc2ccc(N3CCC(C)CC3)cc2)n1. The number of anilines is 2. The molecular weight excluding hydrogens is 324 g/mol. The lowest BCUT2D eigenvalue weighted by atomic mass is 9.99. The van der Waals surface area contributed by atoms with Crippen molar-refractivity contribution in [2.45, 2.75) is 53.0 Å². The molecule has 140 valence electrons. The summed E-state index contributed by atoms with van der Waals surface area (Å²) in [5.74, 6) is 0.846. The number of piperidine rings is 1. The molecule has 5 heteroatoms. The summed E-state index contributed by atoms with van der Waals surface area (Å²) in [4.78, 5) is 14.8. The molecule has 1 saturated heterocycles. The number of carbonyl (C=O) groups is 1. The smallest absolute Gasteiger partial charge is 0.226 e. The summed E-state index contributed by atoms with van der Waals surface area (Å²) in [5.41, 5.74) is 4.16. The number of aromatic nitrogens is 2. The van der Waals surface area contributed by atoms with Gasteiger partial charge in [-0.25, -0.2) is 0 Å². The third-order valence-electron chi connectivity index (χ3n) is 5.24. The average Bonchev–Trinajstić information content (AvgIpc) is 2.95. The quantitative estimate of drug-likeness (QED) is 0.870. The van der Waals surface area contributed by atoms with Gasteiger partial charge in [-0.1, -0.05) is 6.92 Å². The van der Waals surface area contributed by atoms with E-state index in [0.29, 0.717) is 6.42 Å². The lowest BCUT2D eigenvalue weighted by Gasteiger charge is -2.32. The van der Waals surface area contributed by atoms with E-state index >= 15 is 0 Å². The van der Waals surface area contributed by atoms with Gasteiger partial charge >= 0.3 is 0 Å². The molecule has 0 aliphatic carbocycles.